The van der Waals surface area contributed by atoms with Crippen LogP contribution in [0.1, 0.15) is 11.1 Å². The van der Waals surface area contributed by atoms with Crippen LogP contribution in [0.25, 0.3) is 88.4 Å². The quantitative estimate of drug-likeness (QED) is 0.179. The fraction of sp³-hybridized carbons (Fsp3) is 0.0200. The van der Waals surface area contributed by atoms with E-state index < -0.39 is 0 Å². The number of nitrogens with zero attached hydrogens (tertiary/aromatic N) is 3. The zero-order valence-electron chi connectivity index (χ0n) is 29.2. The summed E-state index contributed by atoms with van der Waals surface area (Å²) in [7, 11) is 0. The molecule has 0 saturated carbocycles. The van der Waals surface area contributed by atoms with Crippen LogP contribution in [0.4, 0.5) is 0 Å². The summed E-state index contributed by atoms with van der Waals surface area (Å²) in [5.41, 5.74) is 14.9. The summed E-state index contributed by atoms with van der Waals surface area (Å²) >= 11 is 0. The van der Waals surface area contributed by atoms with Crippen molar-refractivity contribution in [2.45, 2.75) is 6.92 Å². The van der Waals surface area contributed by atoms with Crippen molar-refractivity contribution >= 4 is 43.6 Å². The third-order valence-corrected chi connectivity index (χ3v) is 10.6. The molecule has 0 saturated heterocycles. The number of rotatable bonds is 5. The highest BCUT2D eigenvalue weighted by molar-refractivity contribution is 6.26. The van der Waals surface area contributed by atoms with Gasteiger partial charge >= 0.3 is 0 Å². The Morgan fingerprint density at radius 1 is 0.434 bits per heavy atom. The second kappa shape index (κ2) is 12.3. The third kappa shape index (κ3) is 4.81. The van der Waals surface area contributed by atoms with E-state index in [0.29, 0.717) is 5.56 Å². The van der Waals surface area contributed by atoms with Crippen LogP contribution in [-0.4, -0.2) is 9.13 Å². The maximum Gasteiger partial charge on any atom is 0.0998 e. The van der Waals surface area contributed by atoms with Crippen LogP contribution >= 0.6 is 0 Å². The van der Waals surface area contributed by atoms with Gasteiger partial charge < -0.3 is 9.13 Å². The molecule has 2 heterocycles. The molecule has 0 amide bonds. The fourth-order valence-electron chi connectivity index (χ4n) is 8.34. The average molecular weight is 676 g/mol. The number of hydrogen-bond donors (Lipinski definition) is 0. The summed E-state index contributed by atoms with van der Waals surface area (Å²) in [5.74, 6) is 0. The highest BCUT2D eigenvalue weighted by Gasteiger charge is 2.24. The summed E-state index contributed by atoms with van der Waals surface area (Å²) < 4.78 is 4.86. The largest absolute Gasteiger partial charge is 0.309 e. The molecule has 0 aliphatic carbocycles. The van der Waals surface area contributed by atoms with Crippen molar-refractivity contribution in [2.24, 2.45) is 0 Å². The Bertz CT molecular complexity index is 2990. The van der Waals surface area contributed by atoms with Crippen molar-refractivity contribution in [1.29, 1.82) is 5.26 Å². The number of aromatic nitrogens is 2. The van der Waals surface area contributed by atoms with Gasteiger partial charge in [0.15, 0.2) is 0 Å². The maximum atomic E-state index is 10.5. The van der Waals surface area contributed by atoms with Gasteiger partial charge in [0.1, 0.15) is 0 Å². The lowest BCUT2D eigenvalue weighted by molar-refractivity contribution is 1.17. The van der Waals surface area contributed by atoms with Crippen molar-refractivity contribution in [3.8, 4) is 50.8 Å². The van der Waals surface area contributed by atoms with Gasteiger partial charge in [-0.3, -0.25) is 0 Å². The summed E-state index contributed by atoms with van der Waals surface area (Å²) in [6.45, 7) is 2.04. The Hall–Kier alpha value is -7.15. The summed E-state index contributed by atoms with van der Waals surface area (Å²) in [5, 5.41) is 15.3. The maximum absolute atomic E-state index is 10.5. The van der Waals surface area contributed by atoms with Crippen LogP contribution in [0.3, 0.4) is 0 Å². The predicted octanol–water partition coefficient (Wildman–Crippen LogP) is 13.1. The molecule has 10 aromatic rings. The molecular weight excluding hydrogens is 643 g/mol. The van der Waals surface area contributed by atoms with Crippen LogP contribution in [0.2, 0.25) is 0 Å². The summed E-state index contributed by atoms with van der Waals surface area (Å²) in [4.78, 5) is 0. The Morgan fingerprint density at radius 2 is 1.00 bits per heavy atom. The van der Waals surface area contributed by atoms with E-state index in [1.807, 2.05) is 13.0 Å². The molecule has 0 atom stereocenters. The minimum atomic E-state index is 0.667. The van der Waals surface area contributed by atoms with E-state index >= 15 is 0 Å². The highest BCUT2D eigenvalue weighted by atomic mass is 15.0. The molecule has 0 aliphatic heterocycles. The zero-order valence-corrected chi connectivity index (χ0v) is 29.2. The van der Waals surface area contributed by atoms with E-state index in [0.717, 1.165) is 61.4 Å². The molecule has 0 spiro atoms. The van der Waals surface area contributed by atoms with Crippen LogP contribution in [0, 0.1) is 18.3 Å². The molecule has 8 aromatic carbocycles. The van der Waals surface area contributed by atoms with E-state index in [4.69, 9.17) is 0 Å². The van der Waals surface area contributed by atoms with E-state index in [9.17, 15) is 5.26 Å². The van der Waals surface area contributed by atoms with Crippen molar-refractivity contribution in [3.05, 3.63) is 193 Å². The number of aryl methyl sites for hydroxylation is 1. The molecule has 0 bridgehead atoms. The molecule has 0 unspecified atom stereocenters. The van der Waals surface area contributed by atoms with E-state index in [1.54, 1.807) is 0 Å². The zero-order chi connectivity index (χ0) is 35.5. The number of nitriles is 1. The molecule has 248 valence electrons. The molecule has 3 heteroatoms. The average Bonchev–Trinajstić information content (AvgIpc) is 3.74. The highest BCUT2D eigenvalue weighted by Crippen LogP contribution is 2.46. The number of benzene rings is 8. The minimum absolute atomic E-state index is 0.667. The molecular formula is C50H33N3. The summed E-state index contributed by atoms with van der Waals surface area (Å²) in [6.07, 6.45) is 0. The van der Waals surface area contributed by atoms with Crippen molar-refractivity contribution in [3.63, 3.8) is 0 Å². The first-order valence-electron chi connectivity index (χ1n) is 18.0. The molecule has 3 nitrogen and oxygen atoms in total. The number of hydrogen-bond acceptors (Lipinski definition) is 1. The minimum Gasteiger partial charge on any atom is -0.309 e. The second-order valence-corrected chi connectivity index (χ2v) is 13.7. The van der Waals surface area contributed by atoms with Crippen LogP contribution in [0.15, 0.2) is 182 Å². The number of para-hydroxylation sites is 3. The van der Waals surface area contributed by atoms with Gasteiger partial charge in [-0.1, -0.05) is 133 Å². The molecule has 10 rings (SSSR count). The molecule has 0 N–H and O–H groups in total. The first-order valence-corrected chi connectivity index (χ1v) is 18.0. The van der Waals surface area contributed by atoms with Crippen LogP contribution in [-0.2, 0) is 0 Å². The molecule has 2 aromatic heterocycles. The van der Waals surface area contributed by atoms with Crippen molar-refractivity contribution in [2.75, 3.05) is 0 Å². The molecule has 53 heavy (non-hydrogen) atoms. The molecule has 0 aliphatic rings. The van der Waals surface area contributed by atoms with Crippen molar-refractivity contribution < 1.29 is 0 Å². The Labute approximate surface area is 307 Å². The Balaban J connectivity index is 1.38. The van der Waals surface area contributed by atoms with E-state index in [1.165, 1.54) is 32.6 Å². The SMILES string of the molecule is Cc1ccc(-c2c(-c3ccccc3)cc(-n3c4ccccc4c4c3ccc3c5ccccc5n(-c5ccccc5)c34)cc2-c2ccccc2)c(C#N)c1. The smallest absolute Gasteiger partial charge is 0.0998 e. The monoisotopic (exact) mass is 675 g/mol. The first-order chi connectivity index (χ1) is 26.2. The van der Waals surface area contributed by atoms with Gasteiger partial charge in [-0.25, -0.2) is 0 Å². The Kier molecular flexibility index (Phi) is 7.09. The van der Waals surface area contributed by atoms with Crippen molar-refractivity contribution in [1.82, 2.24) is 9.13 Å². The van der Waals surface area contributed by atoms with Crippen LogP contribution in [0.5, 0.6) is 0 Å². The fourth-order valence-corrected chi connectivity index (χ4v) is 8.34. The van der Waals surface area contributed by atoms with E-state index in [2.05, 4.69) is 191 Å². The normalized spacial score (nSPS) is 11.5. The van der Waals surface area contributed by atoms with Gasteiger partial charge in [-0.2, -0.15) is 5.26 Å². The van der Waals surface area contributed by atoms with Gasteiger partial charge in [-0.15, -0.1) is 0 Å². The summed E-state index contributed by atoms with van der Waals surface area (Å²) in [6, 6.07) is 67.3. The Morgan fingerprint density at radius 3 is 1.64 bits per heavy atom. The lowest BCUT2D eigenvalue weighted by Crippen LogP contribution is -2.00. The van der Waals surface area contributed by atoms with Gasteiger partial charge in [-0.05, 0) is 88.8 Å². The first kappa shape index (κ1) is 30.7. The topological polar surface area (TPSA) is 33.6 Å². The van der Waals surface area contributed by atoms with Gasteiger partial charge in [0.25, 0.3) is 0 Å². The standard InChI is InChI=1S/C50H33N3/c1-33-25-26-39(36(29-33)32-51)48-43(34-15-5-2-6-16-34)30-38(31-44(48)35-17-7-3-8-18-35)52-46-24-14-12-22-42(46)49-47(52)28-27-41-40-21-11-13-23-45(40)53(50(41)49)37-19-9-4-10-20-37/h2-31H,1H3. The second-order valence-electron chi connectivity index (χ2n) is 13.7. The lowest BCUT2D eigenvalue weighted by Gasteiger charge is -2.21. The predicted molar refractivity (Wildman–Crippen MR) is 221 cm³/mol. The third-order valence-electron chi connectivity index (χ3n) is 10.6. The van der Waals surface area contributed by atoms with Gasteiger partial charge in [0, 0.05) is 38.5 Å². The van der Waals surface area contributed by atoms with E-state index in [-0.39, 0.29) is 0 Å². The van der Waals surface area contributed by atoms with Gasteiger partial charge in [0.05, 0.1) is 33.7 Å². The lowest BCUT2D eigenvalue weighted by atomic mass is 9.85. The molecule has 0 radical (unpaired) electrons. The number of fused-ring (bicyclic) bond motifs is 7. The van der Waals surface area contributed by atoms with Crippen LogP contribution < -0.4 is 0 Å². The van der Waals surface area contributed by atoms with Gasteiger partial charge in [0.2, 0.25) is 0 Å². The molecule has 0 fully saturated rings.